The van der Waals surface area contributed by atoms with Crippen molar-refractivity contribution in [3.8, 4) is 0 Å². The Kier molecular flexibility index (Phi) is 9.38. The highest BCUT2D eigenvalue weighted by atomic mass is 16.3. The summed E-state index contributed by atoms with van der Waals surface area (Å²) < 4.78 is 0. The van der Waals surface area contributed by atoms with E-state index >= 15 is 0 Å². The van der Waals surface area contributed by atoms with E-state index in [1.54, 1.807) is 6.29 Å². The molecule has 4 atom stereocenters. The van der Waals surface area contributed by atoms with Gasteiger partial charge in [-0.1, -0.05) is 19.8 Å². The SMILES string of the molecule is CCCCCN[C@H](C(=O)N[C@H]([C]=O)[C@@H](C)O)[C@@H](C)O. The second-order valence-electron chi connectivity index (χ2n) is 4.72. The molecule has 0 saturated carbocycles. The van der Waals surface area contributed by atoms with Gasteiger partial charge in [-0.25, -0.2) is 0 Å². The van der Waals surface area contributed by atoms with Gasteiger partial charge in [-0.15, -0.1) is 0 Å². The summed E-state index contributed by atoms with van der Waals surface area (Å²) in [6.07, 6.45) is 2.68. The molecule has 1 radical (unpaired) electrons. The molecule has 6 nitrogen and oxygen atoms in total. The Morgan fingerprint density at radius 2 is 1.84 bits per heavy atom. The topological polar surface area (TPSA) is 98.7 Å². The minimum atomic E-state index is -1.08. The van der Waals surface area contributed by atoms with Crippen molar-refractivity contribution >= 4 is 12.2 Å². The maximum Gasteiger partial charge on any atom is 0.240 e. The first-order valence-electron chi connectivity index (χ1n) is 6.71. The molecule has 111 valence electrons. The molecule has 0 spiro atoms. The van der Waals surface area contributed by atoms with Crippen LogP contribution in [0.3, 0.4) is 0 Å². The lowest BCUT2D eigenvalue weighted by Crippen LogP contribution is -2.55. The van der Waals surface area contributed by atoms with E-state index in [0.29, 0.717) is 6.54 Å². The lowest BCUT2D eigenvalue weighted by Gasteiger charge is -2.23. The highest BCUT2D eigenvalue weighted by molar-refractivity contribution is 5.85. The van der Waals surface area contributed by atoms with Gasteiger partial charge in [0.2, 0.25) is 12.2 Å². The molecule has 0 aromatic rings. The molecule has 0 aliphatic rings. The highest BCUT2D eigenvalue weighted by Gasteiger charge is 2.26. The Hall–Kier alpha value is -0.980. The van der Waals surface area contributed by atoms with E-state index in [1.165, 1.54) is 13.8 Å². The molecule has 0 rings (SSSR count). The van der Waals surface area contributed by atoms with Crippen LogP contribution in [0.5, 0.6) is 0 Å². The maximum atomic E-state index is 11.9. The summed E-state index contributed by atoms with van der Waals surface area (Å²) in [6, 6.07) is -1.88. The molecule has 0 aromatic heterocycles. The van der Waals surface area contributed by atoms with Crippen LogP contribution in [0.2, 0.25) is 0 Å². The van der Waals surface area contributed by atoms with Gasteiger partial charge < -0.3 is 20.8 Å². The molecule has 6 heteroatoms. The zero-order valence-electron chi connectivity index (χ0n) is 11.8. The molecule has 0 aliphatic heterocycles. The van der Waals surface area contributed by atoms with Gasteiger partial charge in [0.25, 0.3) is 0 Å². The molecular weight excluding hydrogens is 248 g/mol. The van der Waals surface area contributed by atoms with Crippen LogP contribution >= 0.6 is 0 Å². The van der Waals surface area contributed by atoms with E-state index in [-0.39, 0.29) is 0 Å². The molecule has 19 heavy (non-hydrogen) atoms. The Morgan fingerprint density at radius 1 is 1.21 bits per heavy atom. The number of aliphatic hydroxyl groups excluding tert-OH is 2. The smallest absolute Gasteiger partial charge is 0.240 e. The van der Waals surface area contributed by atoms with Crippen LogP contribution < -0.4 is 10.6 Å². The summed E-state index contributed by atoms with van der Waals surface area (Å²) in [5.74, 6) is -0.513. The number of carbonyl (C=O) groups is 1. The lowest BCUT2D eigenvalue weighted by atomic mass is 10.1. The number of aliphatic hydroxyl groups is 2. The lowest BCUT2D eigenvalue weighted by molar-refractivity contribution is -0.126. The summed E-state index contributed by atoms with van der Waals surface area (Å²) in [6.45, 7) is 5.58. The third-order valence-corrected chi connectivity index (χ3v) is 2.82. The van der Waals surface area contributed by atoms with Crippen LogP contribution in [0.25, 0.3) is 0 Å². The quantitative estimate of drug-likeness (QED) is 0.402. The number of nitrogens with one attached hydrogen (secondary N) is 2. The van der Waals surface area contributed by atoms with Gasteiger partial charge in [-0.3, -0.25) is 9.59 Å². The summed E-state index contributed by atoms with van der Waals surface area (Å²) >= 11 is 0. The summed E-state index contributed by atoms with van der Waals surface area (Å²) in [7, 11) is 0. The summed E-state index contributed by atoms with van der Waals surface area (Å²) in [5.41, 5.74) is 0. The van der Waals surface area contributed by atoms with E-state index in [2.05, 4.69) is 17.6 Å². The highest BCUT2D eigenvalue weighted by Crippen LogP contribution is 1.98. The van der Waals surface area contributed by atoms with Gasteiger partial charge >= 0.3 is 0 Å². The standard InChI is InChI=1S/C13H25N2O4/c1-4-5-6-7-14-12(10(3)18)13(19)15-11(8-16)9(2)17/h9-12,14,17-18H,4-7H2,1-3H3,(H,15,19)/t9-,10-,11-,12+/m1/s1. The van der Waals surface area contributed by atoms with Gasteiger partial charge in [0.15, 0.2) is 0 Å². The average Bonchev–Trinajstić information content (AvgIpc) is 2.34. The van der Waals surface area contributed by atoms with Crippen molar-refractivity contribution in [2.75, 3.05) is 6.54 Å². The minimum absolute atomic E-state index is 0.513. The molecule has 1 amide bonds. The first kappa shape index (κ1) is 18.0. The Morgan fingerprint density at radius 3 is 2.26 bits per heavy atom. The molecule has 0 aromatic carbocycles. The van der Waals surface area contributed by atoms with Crippen LogP contribution in [-0.4, -0.2) is 53.2 Å². The molecule has 0 heterocycles. The average molecular weight is 273 g/mol. The van der Waals surface area contributed by atoms with E-state index in [1.807, 2.05) is 0 Å². The molecule has 0 bridgehead atoms. The van der Waals surface area contributed by atoms with Crippen molar-refractivity contribution in [1.82, 2.24) is 10.6 Å². The van der Waals surface area contributed by atoms with Crippen LogP contribution in [-0.2, 0) is 9.59 Å². The van der Waals surface area contributed by atoms with Crippen molar-refractivity contribution < 1.29 is 19.8 Å². The fraction of sp³-hybridized carbons (Fsp3) is 0.846. The predicted octanol–water partition coefficient (Wildman–Crippen LogP) is -0.509. The number of rotatable bonds is 10. The normalized spacial score (nSPS) is 17.3. The molecule has 4 N–H and O–H groups in total. The maximum absolute atomic E-state index is 11.9. The Labute approximate surface area is 114 Å². The van der Waals surface area contributed by atoms with Gasteiger partial charge in [0, 0.05) is 0 Å². The zero-order valence-corrected chi connectivity index (χ0v) is 11.8. The minimum Gasteiger partial charge on any atom is -0.391 e. The van der Waals surface area contributed by atoms with Crippen molar-refractivity contribution in [2.45, 2.75) is 64.3 Å². The number of hydrogen-bond donors (Lipinski definition) is 4. The second-order valence-corrected chi connectivity index (χ2v) is 4.72. The van der Waals surface area contributed by atoms with Crippen LogP contribution in [0, 0.1) is 0 Å². The number of hydrogen-bond acceptors (Lipinski definition) is 5. The van der Waals surface area contributed by atoms with Gasteiger partial charge in [-0.05, 0) is 26.8 Å². The van der Waals surface area contributed by atoms with Gasteiger partial charge in [0.1, 0.15) is 12.1 Å². The zero-order chi connectivity index (χ0) is 14.8. The summed E-state index contributed by atoms with van der Waals surface area (Å²) in [4.78, 5) is 22.5. The van der Waals surface area contributed by atoms with Crippen LogP contribution in [0.4, 0.5) is 0 Å². The van der Waals surface area contributed by atoms with Crippen molar-refractivity contribution in [3.05, 3.63) is 0 Å². The number of amides is 1. The fourth-order valence-corrected chi connectivity index (χ4v) is 1.61. The van der Waals surface area contributed by atoms with E-state index in [4.69, 9.17) is 0 Å². The second kappa shape index (κ2) is 9.89. The molecule has 0 unspecified atom stereocenters. The number of unbranched alkanes of at least 4 members (excludes halogenated alkanes) is 2. The first-order valence-corrected chi connectivity index (χ1v) is 6.71. The predicted molar refractivity (Wildman–Crippen MR) is 72.3 cm³/mol. The van der Waals surface area contributed by atoms with Gasteiger partial charge in [0.05, 0.1) is 12.2 Å². The molecular formula is C13H25N2O4. The van der Waals surface area contributed by atoms with E-state index in [9.17, 15) is 19.8 Å². The van der Waals surface area contributed by atoms with E-state index in [0.717, 1.165) is 19.3 Å². The van der Waals surface area contributed by atoms with Crippen LogP contribution in [0.1, 0.15) is 40.0 Å². The van der Waals surface area contributed by atoms with Crippen molar-refractivity contribution in [1.29, 1.82) is 0 Å². The third-order valence-electron chi connectivity index (χ3n) is 2.82. The van der Waals surface area contributed by atoms with Gasteiger partial charge in [-0.2, -0.15) is 0 Å². The molecule has 0 fully saturated rings. The Bertz CT molecular complexity index is 269. The van der Waals surface area contributed by atoms with Crippen molar-refractivity contribution in [3.63, 3.8) is 0 Å². The first-order chi connectivity index (χ1) is 8.93. The molecule has 0 aliphatic carbocycles. The van der Waals surface area contributed by atoms with Crippen LogP contribution in [0.15, 0.2) is 0 Å². The largest absolute Gasteiger partial charge is 0.391 e. The summed E-state index contributed by atoms with van der Waals surface area (Å²) in [5, 5.41) is 24.1. The number of carbonyl (C=O) groups excluding carboxylic acids is 2. The third kappa shape index (κ3) is 7.25. The molecule has 0 saturated heterocycles. The van der Waals surface area contributed by atoms with Crippen molar-refractivity contribution in [2.24, 2.45) is 0 Å². The van der Waals surface area contributed by atoms with E-state index < -0.39 is 30.2 Å². The Balaban J connectivity index is 4.36. The fourth-order valence-electron chi connectivity index (χ4n) is 1.61. The monoisotopic (exact) mass is 273 g/mol.